The van der Waals surface area contributed by atoms with Crippen molar-refractivity contribution in [1.29, 1.82) is 0 Å². The summed E-state index contributed by atoms with van der Waals surface area (Å²) in [6.45, 7) is 72.6. The van der Waals surface area contributed by atoms with Gasteiger partial charge < -0.3 is 72.0 Å². The van der Waals surface area contributed by atoms with Crippen LogP contribution in [0.25, 0.3) is 0 Å². The van der Waals surface area contributed by atoms with Crippen molar-refractivity contribution in [3.63, 3.8) is 0 Å². The van der Waals surface area contributed by atoms with Gasteiger partial charge in [0.05, 0.1) is 77.3 Å². The van der Waals surface area contributed by atoms with Crippen LogP contribution in [0.2, 0.25) is 0 Å². The molecule has 15 rings (SSSR count). The van der Waals surface area contributed by atoms with E-state index in [4.69, 9.17) is 42.6 Å². The first-order valence-corrected chi connectivity index (χ1v) is 58.8. The molecule has 0 spiro atoms. The fraction of sp³-hybridized carbons (Fsp3) is 0.972. The standard InChI is InChI=1S/C37H65O8P.2C36H63O8P/c1-22(2)44-29-15-16-34(9)27-13-12-26-31-25(6)24(5)14-17-37(31,32(38)42-21-43-46(39,40)41)19-18-35(26,10)36(27,11)30(45-23(3)4)20-28(34)33(29,7)8;1-11-41-29-20-27-32(6,7)28(44-22(2)3)15-16-33(27,8)26-13-12-25-30-24(5)23(4)14-17-36(30,19-18-34(25,9)35(26,29)10)31(37)42-21-43-45(38,39)40;1-11-41-28-15-16-33(8)26-13-12-25-30-24(5)23(4)14-17-36(30,31(37)42-21-43-45(38,39)40)19-18-34(25,9)35(26,10)29(44-22(2)3)20-27(33)32(28,6)7/h22-31H,12-21H2,1-11H3,(H2,39,40,41);2*22-30H,11-21H2,1-10H3,(H2,38,39,40). The molecule has 0 aliphatic heterocycles. The van der Waals surface area contributed by atoms with Gasteiger partial charge in [-0.3, -0.25) is 14.4 Å². The lowest BCUT2D eigenvalue weighted by Gasteiger charge is -2.75. The second-order valence-electron chi connectivity index (χ2n) is 53.0. The molecule has 0 amide bonds. The number of fused-ring (bicyclic) bond motifs is 21. The van der Waals surface area contributed by atoms with Crippen molar-refractivity contribution in [2.24, 2.45) is 188 Å². The van der Waals surface area contributed by atoms with Crippen LogP contribution in [0.4, 0.5) is 0 Å². The number of carbonyl (C=O) groups is 3. The molecule has 27 heteroatoms. The van der Waals surface area contributed by atoms with Gasteiger partial charge >= 0.3 is 41.4 Å². The van der Waals surface area contributed by atoms with Gasteiger partial charge in [-0.05, 0) is 398 Å². The molecule has 0 radical (unpaired) electrons. The maximum absolute atomic E-state index is 14.1. The van der Waals surface area contributed by atoms with Gasteiger partial charge in [0.25, 0.3) is 0 Å². The van der Waals surface area contributed by atoms with Crippen LogP contribution in [0.1, 0.15) is 388 Å². The molecule has 15 saturated carbocycles. The lowest BCUT2D eigenvalue weighted by molar-refractivity contribution is -0.304. The summed E-state index contributed by atoms with van der Waals surface area (Å²) in [5.41, 5.74) is -1.65. The highest BCUT2D eigenvalue weighted by Crippen LogP contribution is 2.83. The first kappa shape index (κ1) is 112. The molecule has 36 atom stereocenters. The van der Waals surface area contributed by atoms with Crippen molar-refractivity contribution in [2.75, 3.05) is 33.6 Å². The van der Waals surface area contributed by atoms with E-state index in [2.05, 4.69) is 228 Å². The molecular weight excluding hydrogens is 1790 g/mol. The first-order valence-electron chi connectivity index (χ1n) is 54.2. The third kappa shape index (κ3) is 18.7. The Morgan fingerprint density at radius 3 is 0.809 bits per heavy atom. The minimum atomic E-state index is -4.74. The summed E-state index contributed by atoms with van der Waals surface area (Å²) in [5.74, 6) is 5.81. The van der Waals surface area contributed by atoms with Crippen LogP contribution in [-0.4, -0.2) is 142 Å². The summed E-state index contributed by atoms with van der Waals surface area (Å²) in [6, 6.07) is 0. The van der Waals surface area contributed by atoms with E-state index >= 15 is 0 Å². The van der Waals surface area contributed by atoms with Crippen LogP contribution in [-0.2, 0) is 84.3 Å². The fourth-order valence-electron chi connectivity index (χ4n) is 38.7. The van der Waals surface area contributed by atoms with Crippen molar-refractivity contribution in [2.45, 2.75) is 449 Å². The highest BCUT2D eigenvalue weighted by Gasteiger charge is 2.80. The number of hydrogen-bond donors (Lipinski definition) is 6. The van der Waals surface area contributed by atoms with Gasteiger partial charge in [0.2, 0.25) is 20.4 Å². The molecule has 0 aromatic rings. The van der Waals surface area contributed by atoms with Crippen LogP contribution in [0.3, 0.4) is 0 Å². The van der Waals surface area contributed by atoms with Crippen LogP contribution in [0.15, 0.2) is 0 Å². The Kier molecular flexibility index (Phi) is 32.5. The number of carbonyl (C=O) groups excluding carboxylic acids is 3. The van der Waals surface area contributed by atoms with E-state index in [9.17, 15) is 57.4 Å². The average molecular weight is 1980 g/mol. The van der Waals surface area contributed by atoms with Gasteiger partial charge in [-0.25, -0.2) is 27.3 Å². The number of phosphoric acid groups is 3. The molecule has 0 aromatic carbocycles. The maximum atomic E-state index is 14.1. The zero-order chi connectivity index (χ0) is 101. The zero-order valence-corrected chi connectivity index (χ0v) is 92.8. The number of ether oxygens (including phenoxy) is 9. The molecule has 15 aliphatic rings. The lowest BCUT2D eigenvalue weighted by Crippen LogP contribution is -2.72. The summed E-state index contributed by atoms with van der Waals surface area (Å²) in [5, 5.41) is 0. The van der Waals surface area contributed by atoms with Crippen molar-refractivity contribution >= 4 is 41.4 Å². The van der Waals surface area contributed by atoms with Crippen molar-refractivity contribution in [3.8, 4) is 0 Å². The Balaban J connectivity index is 0.000000173. The zero-order valence-electron chi connectivity index (χ0n) is 90.2. The second-order valence-corrected chi connectivity index (χ2v) is 56.8. The summed E-state index contributed by atoms with van der Waals surface area (Å²) in [6.07, 6.45) is 28.3. The van der Waals surface area contributed by atoms with Gasteiger partial charge in [-0.1, -0.05) is 145 Å². The van der Waals surface area contributed by atoms with E-state index in [1.54, 1.807) is 0 Å². The van der Waals surface area contributed by atoms with Gasteiger partial charge in [0.15, 0.2) is 0 Å². The summed E-state index contributed by atoms with van der Waals surface area (Å²) in [7, 11) is -14.2. The SMILES string of the molecule is CC(C)OC1CCC2(C)C(CC(OC(C)C)C3(C)C2CCC2C4C(C)C(C)CCC4(C(=O)OCOP(=O)(O)O)CCC23C)C1(C)C.CCOC1CC2C(C)(C)C(OC(C)C)CCC2(C)C2CCC3C4C(C)C(C)CCC4(C(=O)OCOP(=O)(O)O)CCC3(C)C12C.CCOC1CCC2(C)C(CC(OC(C)C)C3(C)C2CCC2C4C(C)C(C)CCC4(C(=O)OCOP(=O)(O)O)CCC23C)C1(C)C. The molecule has 15 aliphatic carbocycles. The van der Waals surface area contributed by atoms with Gasteiger partial charge in [0.1, 0.15) is 0 Å². The highest BCUT2D eigenvalue weighted by atomic mass is 31.2. The molecule has 15 fully saturated rings. The lowest BCUT2D eigenvalue weighted by atomic mass is 9.30. The fourth-order valence-corrected chi connectivity index (χ4v) is 39.2. The highest BCUT2D eigenvalue weighted by molar-refractivity contribution is 7.46. The van der Waals surface area contributed by atoms with Crippen molar-refractivity contribution in [1.82, 2.24) is 0 Å². The molecule has 0 aromatic heterocycles. The molecule has 0 bridgehead atoms. The van der Waals surface area contributed by atoms with Crippen LogP contribution in [0, 0.1) is 188 Å². The van der Waals surface area contributed by atoms with Crippen LogP contribution < -0.4 is 0 Å². The second kappa shape index (κ2) is 39.5. The van der Waals surface area contributed by atoms with Crippen molar-refractivity contribution < 1.29 is 114 Å². The third-order valence-corrected chi connectivity index (χ3v) is 47.0. The largest absolute Gasteiger partial charge is 0.472 e. The van der Waals surface area contributed by atoms with E-state index in [-0.39, 0.29) is 162 Å². The molecule has 0 heterocycles. The van der Waals surface area contributed by atoms with E-state index in [0.717, 1.165) is 161 Å². The van der Waals surface area contributed by atoms with E-state index in [0.29, 0.717) is 95.4 Å². The maximum Gasteiger partial charge on any atom is 0.472 e. The summed E-state index contributed by atoms with van der Waals surface area (Å²) < 4.78 is 105. The Bertz CT molecular complexity index is 4330. The van der Waals surface area contributed by atoms with Crippen molar-refractivity contribution in [3.05, 3.63) is 0 Å². The average Bonchev–Trinajstić information content (AvgIpc) is 0.673. The monoisotopic (exact) mass is 1980 g/mol. The molecule has 6 N–H and O–H groups in total. The number of esters is 3. The van der Waals surface area contributed by atoms with Crippen LogP contribution in [0.5, 0.6) is 0 Å². The normalized spacial score (nSPS) is 47.4. The Morgan fingerprint density at radius 1 is 0.301 bits per heavy atom. The minimum absolute atomic E-state index is 0.0265. The molecular formula is C109H191O24P3. The topological polar surface area (TPSA) is 335 Å². The van der Waals surface area contributed by atoms with Crippen LogP contribution >= 0.6 is 23.5 Å². The first-order chi connectivity index (χ1) is 62.7. The Morgan fingerprint density at radius 2 is 0.544 bits per heavy atom. The molecule has 36 unspecified atom stereocenters. The van der Waals surface area contributed by atoms with E-state index in [1.807, 2.05) is 0 Å². The Hall–Kier alpha value is -1.50. The van der Waals surface area contributed by atoms with E-state index < -0.39 is 60.1 Å². The Labute approximate surface area is 820 Å². The van der Waals surface area contributed by atoms with Gasteiger partial charge in [-0.2, -0.15) is 0 Å². The van der Waals surface area contributed by atoms with E-state index in [1.165, 1.54) is 19.3 Å². The predicted octanol–water partition coefficient (Wildman–Crippen LogP) is 24.8. The molecule has 786 valence electrons. The summed E-state index contributed by atoms with van der Waals surface area (Å²) >= 11 is 0. The van der Waals surface area contributed by atoms with Gasteiger partial charge in [-0.15, -0.1) is 0 Å². The smallest absolute Gasteiger partial charge is 0.437 e. The minimum Gasteiger partial charge on any atom is -0.437 e. The predicted molar refractivity (Wildman–Crippen MR) is 526 cm³/mol. The van der Waals surface area contributed by atoms with Gasteiger partial charge in [0, 0.05) is 29.5 Å². The number of hydrogen-bond acceptors (Lipinski definition) is 18. The molecule has 24 nitrogen and oxygen atoms in total. The quantitative estimate of drug-likeness (QED) is 0.0226. The summed E-state index contributed by atoms with van der Waals surface area (Å²) in [4.78, 5) is 97.5. The number of phosphoric ester groups is 3. The number of rotatable bonds is 24. The third-order valence-electron chi connectivity index (χ3n) is 45.7. The molecule has 136 heavy (non-hydrogen) atoms. The molecule has 0 saturated heterocycles.